The van der Waals surface area contributed by atoms with Gasteiger partial charge in [0.15, 0.2) is 0 Å². The predicted octanol–water partition coefficient (Wildman–Crippen LogP) is 3.05. The van der Waals surface area contributed by atoms with E-state index in [-0.39, 0.29) is 11.9 Å². The van der Waals surface area contributed by atoms with Gasteiger partial charge in [-0.15, -0.1) is 0 Å². The molecular weight excluding hydrogens is 321 g/mol. The minimum absolute atomic E-state index is 0.341. The van der Waals surface area contributed by atoms with Crippen molar-refractivity contribution in [2.75, 3.05) is 5.32 Å². The summed E-state index contributed by atoms with van der Waals surface area (Å²) in [6.45, 7) is 0. The Kier molecular flexibility index (Phi) is 3.72. The number of nitrogens with one attached hydrogen (secondary N) is 3. The van der Waals surface area contributed by atoms with Gasteiger partial charge in [0.05, 0.1) is 11.7 Å². The molecule has 0 saturated heterocycles. The zero-order chi connectivity index (χ0) is 17.4. The highest BCUT2D eigenvalue weighted by Crippen LogP contribution is 2.31. The molecule has 0 fully saturated rings. The Morgan fingerprint density at radius 1 is 1.12 bits per heavy atom. The number of fused-ring (bicyclic) bond motifs is 2. The lowest BCUT2D eigenvalue weighted by molar-refractivity contribution is -0.136. The standard InChI is InChI=1S/C19H16FN3O2/c20-12-6-4-11-5-7-17(14(11)10-12)23-19(25)18(24)22-16-3-1-2-15-13(16)8-9-21-15/h1-4,6,8-10,17,21H,5,7H2,(H,22,24)(H,23,25). The summed E-state index contributed by atoms with van der Waals surface area (Å²) in [7, 11) is 0. The molecule has 1 unspecified atom stereocenters. The molecule has 1 atom stereocenters. The zero-order valence-corrected chi connectivity index (χ0v) is 13.3. The van der Waals surface area contributed by atoms with Crippen molar-refractivity contribution < 1.29 is 14.0 Å². The Hall–Kier alpha value is -3.15. The quantitative estimate of drug-likeness (QED) is 0.629. The molecule has 0 radical (unpaired) electrons. The molecule has 0 bridgehead atoms. The van der Waals surface area contributed by atoms with Crippen molar-refractivity contribution in [2.24, 2.45) is 0 Å². The van der Waals surface area contributed by atoms with E-state index in [2.05, 4.69) is 15.6 Å². The first-order chi connectivity index (χ1) is 12.1. The average Bonchev–Trinajstić information content (AvgIpc) is 3.22. The largest absolute Gasteiger partial charge is 0.361 e. The van der Waals surface area contributed by atoms with Crippen LogP contribution in [0.15, 0.2) is 48.7 Å². The predicted molar refractivity (Wildman–Crippen MR) is 92.5 cm³/mol. The van der Waals surface area contributed by atoms with Gasteiger partial charge in [0.1, 0.15) is 5.82 Å². The molecule has 2 aromatic carbocycles. The SMILES string of the molecule is O=C(Nc1cccc2[nH]ccc12)C(=O)NC1CCc2ccc(F)cc21. The van der Waals surface area contributed by atoms with E-state index in [9.17, 15) is 14.0 Å². The summed E-state index contributed by atoms with van der Waals surface area (Å²) >= 11 is 0. The van der Waals surface area contributed by atoms with Gasteiger partial charge in [-0.1, -0.05) is 12.1 Å². The van der Waals surface area contributed by atoms with E-state index in [1.54, 1.807) is 24.4 Å². The Labute approximate surface area is 143 Å². The fourth-order valence-electron chi connectivity index (χ4n) is 3.32. The normalized spacial score (nSPS) is 15.8. The minimum Gasteiger partial charge on any atom is -0.361 e. The molecule has 1 aliphatic rings. The van der Waals surface area contributed by atoms with E-state index in [0.29, 0.717) is 12.1 Å². The van der Waals surface area contributed by atoms with Gasteiger partial charge in [0, 0.05) is 17.1 Å². The van der Waals surface area contributed by atoms with Crippen LogP contribution in [0.5, 0.6) is 0 Å². The van der Waals surface area contributed by atoms with Crippen molar-refractivity contribution in [3.63, 3.8) is 0 Å². The molecule has 2 amide bonds. The van der Waals surface area contributed by atoms with Crippen molar-refractivity contribution >= 4 is 28.4 Å². The Morgan fingerprint density at radius 2 is 2.00 bits per heavy atom. The Morgan fingerprint density at radius 3 is 2.88 bits per heavy atom. The van der Waals surface area contributed by atoms with Crippen molar-refractivity contribution in [1.29, 1.82) is 0 Å². The van der Waals surface area contributed by atoms with E-state index in [1.807, 2.05) is 12.1 Å². The molecule has 126 valence electrons. The monoisotopic (exact) mass is 337 g/mol. The van der Waals surface area contributed by atoms with Crippen molar-refractivity contribution in [3.05, 3.63) is 65.6 Å². The summed E-state index contributed by atoms with van der Waals surface area (Å²) < 4.78 is 13.4. The number of carbonyl (C=O) groups excluding carboxylic acids is 2. The summed E-state index contributed by atoms with van der Waals surface area (Å²) in [5, 5.41) is 6.16. The molecular formula is C19H16FN3O2. The van der Waals surface area contributed by atoms with E-state index in [1.165, 1.54) is 12.1 Å². The van der Waals surface area contributed by atoms with Gasteiger partial charge < -0.3 is 15.6 Å². The molecule has 0 aliphatic heterocycles. The third-order valence-corrected chi connectivity index (χ3v) is 4.54. The van der Waals surface area contributed by atoms with Crippen LogP contribution >= 0.6 is 0 Å². The number of H-pyrrole nitrogens is 1. The lowest BCUT2D eigenvalue weighted by atomic mass is 10.1. The highest BCUT2D eigenvalue weighted by atomic mass is 19.1. The van der Waals surface area contributed by atoms with Crippen LogP contribution in [0.25, 0.3) is 10.9 Å². The van der Waals surface area contributed by atoms with Gasteiger partial charge in [-0.2, -0.15) is 0 Å². The van der Waals surface area contributed by atoms with Crippen molar-refractivity contribution in [1.82, 2.24) is 10.3 Å². The van der Waals surface area contributed by atoms with E-state index in [4.69, 9.17) is 0 Å². The lowest BCUT2D eigenvalue weighted by Gasteiger charge is -2.14. The van der Waals surface area contributed by atoms with Crippen LogP contribution in [0.1, 0.15) is 23.6 Å². The number of rotatable bonds is 2. The minimum atomic E-state index is -0.737. The number of aryl methyl sites for hydroxylation is 1. The summed E-state index contributed by atoms with van der Waals surface area (Å²) in [4.78, 5) is 27.5. The number of benzene rings is 2. The number of halogens is 1. The average molecular weight is 337 g/mol. The third kappa shape index (κ3) is 2.87. The maximum absolute atomic E-state index is 13.4. The highest BCUT2D eigenvalue weighted by molar-refractivity contribution is 6.40. The van der Waals surface area contributed by atoms with E-state index >= 15 is 0 Å². The molecule has 6 heteroatoms. The molecule has 1 heterocycles. The van der Waals surface area contributed by atoms with Gasteiger partial charge in [-0.05, 0) is 54.3 Å². The molecule has 25 heavy (non-hydrogen) atoms. The van der Waals surface area contributed by atoms with Crippen LogP contribution in [0.2, 0.25) is 0 Å². The molecule has 1 aliphatic carbocycles. The van der Waals surface area contributed by atoms with Crippen LogP contribution in [0, 0.1) is 5.82 Å². The van der Waals surface area contributed by atoms with Crippen LogP contribution in [0.3, 0.4) is 0 Å². The van der Waals surface area contributed by atoms with Gasteiger partial charge in [-0.25, -0.2) is 4.39 Å². The van der Waals surface area contributed by atoms with Gasteiger partial charge in [0.2, 0.25) is 0 Å². The smallest absolute Gasteiger partial charge is 0.313 e. The first-order valence-corrected chi connectivity index (χ1v) is 8.08. The van der Waals surface area contributed by atoms with Crippen molar-refractivity contribution in [3.8, 4) is 0 Å². The molecule has 0 spiro atoms. The second-order valence-corrected chi connectivity index (χ2v) is 6.11. The maximum Gasteiger partial charge on any atom is 0.313 e. The zero-order valence-electron chi connectivity index (χ0n) is 13.3. The number of aromatic nitrogens is 1. The summed E-state index contributed by atoms with van der Waals surface area (Å²) in [5.74, 6) is -1.81. The van der Waals surface area contributed by atoms with Gasteiger partial charge >= 0.3 is 11.8 Å². The van der Waals surface area contributed by atoms with E-state index in [0.717, 1.165) is 28.5 Å². The number of anilines is 1. The number of hydrogen-bond donors (Lipinski definition) is 3. The first kappa shape index (κ1) is 15.4. The second kappa shape index (κ2) is 6.05. The van der Waals surface area contributed by atoms with Crippen LogP contribution in [0.4, 0.5) is 10.1 Å². The van der Waals surface area contributed by atoms with Crippen LogP contribution < -0.4 is 10.6 Å². The second-order valence-electron chi connectivity index (χ2n) is 6.11. The number of carbonyl (C=O) groups is 2. The number of hydrogen-bond acceptors (Lipinski definition) is 2. The summed E-state index contributed by atoms with van der Waals surface area (Å²) in [5.41, 5.74) is 3.19. The molecule has 0 saturated carbocycles. The Balaban J connectivity index is 1.48. The number of aromatic amines is 1. The van der Waals surface area contributed by atoms with Crippen LogP contribution in [-0.4, -0.2) is 16.8 Å². The summed E-state index contributed by atoms with van der Waals surface area (Å²) in [6, 6.07) is 11.5. The fraction of sp³-hybridized carbons (Fsp3) is 0.158. The first-order valence-electron chi connectivity index (χ1n) is 8.08. The molecule has 3 aromatic rings. The topological polar surface area (TPSA) is 74.0 Å². The van der Waals surface area contributed by atoms with Gasteiger partial charge in [0.25, 0.3) is 0 Å². The van der Waals surface area contributed by atoms with Crippen molar-refractivity contribution in [2.45, 2.75) is 18.9 Å². The van der Waals surface area contributed by atoms with Gasteiger partial charge in [-0.3, -0.25) is 9.59 Å². The maximum atomic E-state index is 13.4. The molecule has 4 rings (SSSR count). The Bertz CT molecular complexity index is 980. The third-order valence-electron chi connectivity index (χ3n) is 4.54. The highest BCUT2D eigenvalue weighted by Gasteiger charge is 2.26. The summed E-state index contributed by atoms with van der Waals surface area (Å²) in [6.07, 6.45) is 3.18. The number of amides is 2. The molecule has 3 N–H and O–H groups in total. The molecule has 1 aromatic heterocycles. The van der Waals surface area contributed by atoms with E-state index < -0.39 is 11.8 Å². The fourth-order valence-corrected chi connectivity index (χ4v) is 3.32. The lowest BCUT2D eigenvalue weighted by Crippen LogP contribution is -2.37. The molecule has 5 nitrogen and oxygen atoms in total. The van der Waals surface area contributed by atoms with Crippen LogP contribution in [-0.2, 0) is 16.0 Å².